The molecule has 18 heavy (non-hydrogen) atoms. The fourth-order valence-corrected chi connectivity index (χ4v) is 3.16. The van der Waals surface area contributed by atoms with Gasteiger partial charge in [-0.1, -0.05) is 30.3 Å². The zero-order valence-electron chi connectivity index (χ0n) is 10.7. The molecule has 1 spiro atoms. The molecule has 0 amide bonds. The van der Waals surface area contributed by atoms with Gasteiger partial charge in [0.15, 0.2) is 0 Å². The molecule has 0 N–H and O–H groups in total. The highest BCUT2D eigenvalue weighted by molar-refractivity contribution is 5.83. The molecule has 1 aliphatic heterocycles. The van der Waals surface area contributed by atoms with Gasteiger partial charge in [0, 0.05) is 18.9 Å². The summed E-state index contributed by atoms with van der Waals surface area (Å²) in [5.41, 5.74) is 1.21. The summed E-state index contributed by atoms with van der Waals surface area (Å²) in [6.07, 6.45) is 6.03. The number of rotatable bonds is 3. The van der Waals surface area contributed by atoms with E-state index in [-0.39, 0.29) is 11.5 Å². The van der Waals surface area contributed by atoms with Crippen molar-refractivity contribution in [3.8, 4) is 0 Å². The van der Waals surface area contributed by atoms with Crippen LogP contribution in [0.4, 0.5) is 0 Å². The van der Waals surface area contributed by atoms with Gasteiger partial charge in [-0.15, -0.1) is 0 Å². The molecule has 1 aromatic rings. The minimum absolute atomic E-state index is 0.0786. The summed E-state index contributed by atoms with van der Waals surface area (Å²) >= 11 is 0. The molecule has 0 aromatic heterocycles. The summed E-state index contributed by atoms with van der Waals surface area (Å²) in [5.74, 6) is 0.620. The van der Waals surface area contributed by atoms with Crippen LogP contribution in [0.5, 0.6) is 0 Å². The maximum absolute atomic E-state index is 12.3. The Bertz CT molecular complexity index is 420. The first kappa shape index (κ1) is 11.9. The van der Waals surface area contributed by atoms with E-state index in [0.29, 0.717) is 12.2 Å². The maximum atomic E-state index is 12.3. The standard InChI is InChI=1S/C16H20O2/c17-15(11-13-5-2-1-3-6-13)14-7-10-18-16(12-14)8-4-9-16/h1-3,5-6,14H,4,7-12H2. The van der Waals surface area contributed by atoms with E-state index in [2.05, 4.69) is 0 Å². The lowest BCUT2D eigenvalue weighted by Gasteiger charge is -2.46. The fourth-order valence-electron chi connectivity index (χ4n) is 3.16. The van der Waals surface area contributed by atoms with Crippen LogP contribution in [0.2, 0.25) is 0 Å². The van der Waals surface area contributed by atoms with Crippen LogP contribution in [0.3, 0.4) is 0 Å². The summed E-state index contributed by atoms with van der Waals surface area (Å²) in [5, 5.41) is 0. The number of carbonyl (C=O) groups excluding carboxylic acids is 1. The SMILES string of the molecule is O=C(Cc1ccccc1)C1CCOC2(CCC2)C1. The molecular weight excluding hydrogens is 224 g/mol. The van der Waals surface area contributed by atoms with E-state index in [4.69, 9.17) is 4.74 Å². The predicted octanol–water partition coefficient (Wildman–Crippen LogP) is 3.15. The summed E-state index contributed by atoms with van der Waals surface area (Å²) in [6, 6.07) is 10.1. The molecule has 1 saturated heterocycles. The third-order valence-corrected chi connectivity index (χ3v) is 4.43. The molecule has 1 saturated carbocycles. The van der Waals surface area contributed by atoms with Crippen molar-refractivity contribution in [1.82, 2.24) is 0 Å². The molecule has 1 atom stereocenters. The van der Waals surface area contributed by atoms with Crippen molar-refractivity contribution < 1.29 is 9.53 Å². The van der Waals surface area contributed by atoms with Crippen LogP contribution >= 0.6 is 0 Å². The van der Waals surface area contributed by atoms with Crippen molar-refractivity contribution in [2.75, 3.05) is 6.61 Å². The Morgan fingerprint density at radius 1 is 1.28 bits per heavy atom. The van der Waals surface area contributed by atoms with Gasteiger partial charge in [0.05, 0.1) is 5.60 Å². The smallest absolute Gasteiger partial charge is 0.140 e. The normalized spacial score (nSPS) is 25.7. The Kier molecular flexibility index (Phi) is 3.21. The second-order valence-electron chi connectivity index (χ2n) is 5.70. The number of hydrogen-bond donors (Lipinski definition) is 0. The lowest BCUT2D eigenvalue weighted by molar-refractivity contribution is -0.155. The molecule has 2 fully saturated rings. The number of ketones is 1. The average molecular weight is 244 g/mol. The molecule has 2 heteroatoms. The Balaban J connectivity index is 1.62. The highest BCUT2D eigenvalue weighted by Crippen LogP contribution is 2.44. The van der Waals surface area contributed by atoms with Gasteiger partial charge in [0.2, 0.25) is 0 Å². The van der Waals surface area contributed by atoms with Crippen LogP contribution in [-0.2, 0) is 16.0 Å². The third kappa shape index (κ3) is 2.35. The average Bonchev–Trinajstić information content (AvgIpc) is 2.38. The Labute approximate surface area is 108 Å². The van der Waals surface area contributed by atoms with Crippen LogP contribution < -0.4 is 0 Å². The molecule has 2 nitrogen and oxygen atoms in total. The van der Waals surface area contributed by atoms with Crippen LogP contribution in [0, 0.1) is 5.92 Å². The van der Waals surface area contributed by atoms with Gasteiger partial charge in [-0.2, -0.15) is 0 Å². The second-order valence-corrected chi connectivity index (χ2v) is 5.70. The Morgan fingerprint density at radius 3 is 2.72 bits per heavy atom. The third-order valence-electron chi connectivity index (χ3n) is 4.43. The molecule has 2 aliphatic rings. The molecule has 1 aliphatic carbocycles. The number of carbonyl (C=O) groups is 1. The first-order valence-electron chi connectivity index (χ1n) is 6.98. The van der Waals surface area contributed by atoms with Crippen LogP contribution in [-0.4, -0.2) is 18.0 Å². The molecule has 1 aromatic carbocycles. The minimum Gasteiger partial charge on any atom is -0.375 e. The van der Waals surface area contributed by atoms with Crippen molar-refractivity contribution in [2.24, 2.45) is 5.92 Å². The monoisotopic (exact) mass is 244 g/mol. The summed E-state index contributed by atoms with van der Waals surface area (Å²) in [7, 11) is 0. The Hall–Kier alpha value is -1.15. The zero-order valence-corrected chi connectivity index (χ0v) is 10.7. The minimum atomic E-state index is 0.0786. The van der Waals surface area contributed by atoms with Gasteiger partial charge in [0.25, 0.3) is 0 Å². The fraction of sp³-hybridized carbons (Fsp3) is 0.562. The lowest BCUT2D eigenvalue weighted by Crippen LogP contribution is -2.47. The van der Waals surface area contributed by atoms with Gasteiger partial charge in [0.1, 0.15) is 5.78 Å². The predicted molar refractivity (Wildman–Crippen MR) is 70.4 cm³/mol. The van der Waals surface area contributed by atoms with Gasteiger partial charge in [-0.25, -0.2) is 0 Å². The first-order valence-corrected chi connectivity index (χ1v) is 6.98. The summed E-state index contributed by atoms with van der Waals surface area (Å²) in [6.45, 7) is 0.769. The van der Waals surface area contributed by atoms with Gasteiger partial charge in [-0.3, -0.25) is 4.79 Å². The topological polar surface area (TPSA) is 26.3 Å². The van der Waals surface area contributed by atoms with Gasteiger partial charge in [-0.05, 0) is 37.7 Å². The van der Waals surface area contributed by atoms with E-state index >= 15 is 0 Å². The van der Waals surface area contributed by atoms with E-state index < -0.39 is 0 Å². The second kappa shape index (κ2) is 4.85. The van der Waals surface area contributed by atoms with E-state index in [1.54, 1.807) is 0 Å². The van der Waals surface area contributed by atoms with E-state index in [0.717, 1.165) is 37.9 Å². The van der Waals surface area contributed by atoms with Crippen molar-refractivity contribution >= 4 is 5.78 Å². The van der Waals surface area contributed by atoms with Crippen molar-refractivity contribution in [3.63, 3.8) is 0 Å². The molecule has 1 heterocycles. The lowest BCUT2D eigenvalue weighted by atomic mass is 9.71. The quantitative estimate of drug-likeness (QED) is 0.816. The molecule has 0 bridgehead atoms. The summed E-state index contributed by atoms with van der Waals surface area (Å²) < 4.78 is 5.88. The molecular formula is C16H20O2. The van der Waals surface area contributed by atoms with E-state index in [9.17, 15) is 4.79 Å². The first-order chi connectivity index (χ1) is 8.77. The highest BCUT2D eigenvalue weighted by Gasteiger charge is 2.43. The van der Waals surface area contributed by atoms with Crippen LogP contribution in [0.1, 0.15) is 37.7 Å². The number of Topliss-reactive ketones (excluding diaryl/α,β-unsaturated/α-hetero) is 1. The molecule has 0 radical (unpaired) electrons. The number of ether oxygens (including phenoxy) is 1. The zero-order chi connectivity index (χ0) is 12.4. The number of hydrogen-bond acceptors (Lipinski definition) is 2. The van der Waals surface area contributed by atoms with Gasteiger partial charge >= 0.3 is 0 Å². The molecule has 3 rings (SSSR count). The van der Waals surface area contributed by atoms with E-state index in [1.807, 2.05) is 30.3 Å². The van der Waals surface area contributed by atoms with Crippen LogP contribution in [0.15, 0.2) is 30.3 Å². The number of benzene rings is 1. The summed E-state index contributed by atoms with van der Waals surface area (Å²) in [4.78, 5) is 12.3. The molecule has 96 valence electrons. The van der Waals surface area contributed by atoms with Gasteiger partial charge < -0.3 is 4.74 Å². The highest BCUT2D eigenvalue weighted by atomic mass is 16.5. The maximum Gasteiger partial charge on any atom is 0.140 e. The Morgan fingerprint density at radius 2 is 2.06 bits per heavy atom. The molecule has 1 unspecified atom stereocenters. The van der Waals surface area contributed by atoms with Crippen molar-refractivity contribution in [2.45, 2.75) is 44.1 Å². The van der Waals surface area contributed by atoms with Crippen molar-refractivity contribution in [3.05, 3.63) is 35.9 Å². The van der Waals surface area contributed by atoms with Crippen molar-refractivity contribution in [1.29, 1.82) is 0 Å². The van der Waals surface area contributed by atoms with E-state index in [1.165, 1.54) is 6.42 Å². The van der Waals surface area contributed by atoms with Crippen LogP contribution in [0.25, 0.3) is 0 Å². The largest absolute Gasteiger partial charge is 0.375 e.